The number of aromatic nitrogens is 1. The smallest absolute Gasteiger partial charge is 0.252 e. The average molecular weight is 389 g/mol. The molecule has 4 nitrogen and oxygen atoms in total. The minimum atomic E-state index is -0.00990. The first-order chi connectivity index (χ1) is 14.1. The minimum absolute atomic E-state index is 0.00990. The topological polar surface area (TPSA) is 51.2 Å². The van der Waals surface area contributed by atoms with Gasteiger partial charge in [-0.1, -0.05) is 44.9 Å². The van der Waals surface area contributed by atoms with E-state index in [9.17, 15) is 4.79 Å². The van der Waals surface area contributed by atoms with Crippen LogP contribution in [0.25, 0.3) is 22.2 Å². The lowest BCUT2D eigenvalue weighted by atomic mass is 9.78. The number of carbonyl (C=O) groups is 1. The molecular formula is C25H28N2O2. The van der Waals surface area contributed by atoms with Crippen LogP contribution in [-0.2, 0) is 0 Å². The molecule has 0 unspecified atom stereocenters. The number of nitrogens with one attached hydrogen (secondary N) is 1. The molecule has 0 aliphatic heterocycles. The van der Waals surface area contributed by atoms with Crippen LogP contribution in [0.1, 0.15) is 43.5 Å². The van der Waals surface area contributed by atoms with Crippen molar-refractivity contribution >= 4 is 16.8 Å². The second kappa shape index (κ2) is 8.24. The number of amides is 1. The number of ether oxygens (including phenoxy) is 1. The first-order valence-corrected chi connectivity index (χ1v) is 10.4. The van der Waals surface area contributed by atoms with Crippen LogP contribution in [0.5, 0.6) is 5.75 Å². The van der Waals surface area contributed by atoms with Crippen molar-refractivity contribution in [3.05, 3.63) is 60.2 Å². The SMILES string of the molecule is COc1ccc(-c2cc(C(=O)N[C@@H]3CCC[C@H](C)[C@H]3C)c3ccccc3n2)cc1. The molecule has 1 aliphatic carbocycles. The molecule has 1 aliphatic rings. The Hall–Kier alpha value is -2.88. The van der Waals surface area contributed by atoms with E-state index in [1.165, 1.54) is 12.8 Å². The number of methoxy groups -OCH3 is 1. The van der Waals surface area contributed by atoms with Crippen LogP contribution in [0.4, 0.5) is 0 Å². The first-order valence-electron chi connectivity index (χ1n) is 10.4. The predicted octanol–water partition coefficient (Wildman–Crippen LogP) is 5.46. The van der Waals surface area contributed by atoms with Crippen molar-refractivity contribution < 1.29 is 9.53 Å². The third kappa shape index (κ3) is 3.98. The van der Waals surface area contributed by atoms with Gasteiger partial charge in [0.25, 0.3) is 5.91 Å². The number of rotatable bonds is 4. The molecule has 1 heterocycles. The van der Waals surface area contributed by atoms with Crippen LogP contribution >= 0.6 is 0 Å². The molecule has 3 aromatic rings. The minimum Gasteiger partial charge on any atom is -0.497 e. The van der Waals surface area contributed by atoms with E-state index in [2.05, 4.69) is 19.2 Å². The standard InChI is InChI=1S/C25H28N2O2/c1-16-7-6-10-22(17(16)2)27-25(28)21-15-24(18-11-13-19(29-3)14-12-18)26-23-9-5-4-8-20(21)23/h4-5,8-9,11-17,22H,6-7,10H2,1-3H3,(H,27,28)/t16-,17+,22+/m0/s1. The summed E-state index contributed by atoms with van der Waals surface area (Å²) in [5.41, 5.74) is 3.27. The lowest BCUT2D eigenvalue weighted by Gasteiger charge is -2.34. The summed E-state index contributed by atoms with van der Waals surface area (Å²) in [4.78, 5) is 18.1. The number of benzene rings is 2. The molecule has 29 heavy (non-hydrogen) atoms. The van der Waals surface area contributed by atoms with E-state index < -0.39 is 0 Å². The quantitative estimate of drug-likeness (QED) is 0.645. The monoisotopic (exact) mass is 388 g/mol. The molecule has 1 fully saturated rings. The summed E-state index contributed by atoms with van der Waals surface area (Å²) in [7, 11) is 1.65. The Morgan fingerprint density at radius 3 is 2.59 bits per heavy atom. The zero-order chi connectivity index (χ0) is 20.4. The van der Waals surface area contributed by atoms with Crippen molar-refractivity contribution in [1.82, 2.24) is 10.3 Å². The van der Waals surface area contributed by atoms with Gasteiger partial charge in [0, 0.05) is 17.0 Å². The highest BCUT2D eigenvalue weighted by Crippen LogP contribution is 2.31. The van der Waals surface area contributed by atoms with Gasteiger partial charge in [-0.25, -0.2) is 4.98 Å². The predicted molar refractivity (Wildman–Crippen MR) is 117 cm³/mol. The summed E-state index contributed by atoms with van der Waals surface area (Å²) in [6.45, 7) is 4.54. The molecule has 2 aromatic carbocycles. The molecule has 0 radical (unpaired) electrons. The van der Waals surface area contributed by atoms with E-state index in [-0.39, 0.29) is 11.9 Å². The number of hydrogen-bond donors (Lipinski definition) is 1. The molecule has 0 saturated heterocycles. The van der Waals surface area contributed by atoms with Gasteiger partial charge >= 0.3 is 0 Å². The van der Waals surface area contributed by atoms with Gasteiger partial charge < -0.3 is 10.1 Å². The zero-order valence-corrected chi connectivity index (χ0v) is 17.3. The van der Waals surface area contributed by atoms with Crippen molar-refractivity contribution in [2.45, 2.75) is 39.2 Å². The highest BCUT2D eigenvalue weighted by Gasteiger charge is 2.29. The third-order valence-corrected chi connectivity index (χ3v) is 6.37. The van der Waals surface area contributed by atoms with Gasteiger partial charge in [-0.05, 0) is 54.7 Å². The summed E-state index contributed by atoms with van der Waals surface area (Å²) >= 11 is 0. The summed E-state index contributed by atoms with van der Waals surface area (Å²) in [6, 6.07) is 17.8. The van der Waals surface area contributed by atoms with Gasteiger partial charge in [0.1, 0.15) is 5.75 Å². The molecule has 150 valence electrons. The number of hydrogen-bond acceptors (Lipinski definition) is 3. The van der Waals surface area contributed by atoms with Crippen LogP contribution < -0.4 is 10.1 Å². The Bertz CT molecular complexity index is 1010. The Kier molecular flexibility index (Phi) is 5.52. The molecular weight excluding hydrogens is 360 g/mol. The number of pyridine rings is 1. The molecule has 1 aromatic heterocycles. The highest BCUT2D eigenvalue weighted by atomic mass is 16.5. The number of para-hydroxylation sites is 1. The number of fused-ring (bicyclic) bond motifs is 1. The van der Waals surface area contributed by atoms with Crippen LogP contribution in [0, 0.1) is 11.8 Å². The summed E-state index contributed by atoms with van der Waals surface area (Å²) in [5.74, 6) is 1.91. The van der Waals surface area contributed by atoms with E-state index in [4.69, 9.17) is 9.72 Å². The maximum atomic E-state index is 13.3. The van der Waals surface area contributed by atoms with Gasteiger partial charge in [-0.3, -0.25) is 4.79 Å². The second-order valence-electron chi connectivity index (χ2n) is 8.15. The number of nitrogens with zero attached hydrogens (tertiary/aromatic N) is 1. The van der Waals surface area contributed by atoms with Crippen LogP contribution in [-0.4, -0.2) is 24.0 Å². The van der Waals surface area contributed by atoms with E-state index in [0.717, 1.165) is 34.3 Å². The van der Waals surface area contributed by atoms with E-state index in [0.29, 0.717) is 17.4 Å². The van der Waals surface area contributed by atoms with Crippen molar-refractivity contribution in [1.29, 1.82) is 0 Å². The molecule has 0 bridgehead atoms. The summed E-state index contributed by atoms with van der Waals surface area (Å²) < 4.78 is 5.26. The lowest BCUT2D eigenvalue weighted by Crippen LogP contribution is -2.43. The van der Waals surface area contributed by atoms with Crippen LogP contribution in [0.2, 0.25) is 0 Å². The fraction of sp³-hybridized carbons (Fsp3) is 0.360. The lowest BCUT2D eigenvalue weighted by molar-refractivity contribution is 0.0892. The summed E-state index contributed by atoms with van der Waals surface area (Å²) in [5, 5.41) is 4.21. The molecule has 1 saturated carbocycles. The van der Waals surface area contributed by atoms with Gasteiger partial charge in [0.15, 0.2) is 0 Å². The largest absolute Gasteiger partial charge is 0.497 e. The van der Waals surface area contributed by atoms with E-state index in [1.807, 2.05) is 54.6 Å². The average Bonchev–Trinajstić information content (AvgIpc) is 2.76. The fourth-order valence-corrected chi connectivity index (χ4v) is 4.30. The van der Waals surface area contributed by atoms with E-state index in [1.54, 1.807) is 7.11 Å². The molecule has 3 atom stereocenters. The molecule has 0 spiro atoms. The Labute approximate surface area is 172 Å². The third-order valence-electron chi connectivity index (χ3n) is 6.37. The van der Waals surface area contributed by atoms with Crippen LogP contribution in [0.15, 0.2) is 54.6 Å². The number of carbonyl (C=O) groups excluding carboxylic acids is 1. The molecule has 4 rings (SSSR count). The fourth-order valence-electron chi connectivity index (χ4n) is 4.30. The van der Waals surface area contributed by atoms with Gasteiger partial charge in [0.2, 0.25) is 0 Å². The Balaban J connectivity index is 1.71. The normalized spacial score (nSPS) is 21.7. The molecule has 1 N–H and O–H groups in total. The van der Waals surface area contributed by atoms with E-state index >= 15 is 0 Å². The molecule has 4 heteroatoms. The summed E-state index contributed by atoms with van der Waals surface area (Å²) in [6.07, 6.45) is 3.46. The maximum Gasteiger partial charge on any atom is 0.252 e. The van der Waals surface area contributed by atoms with Gasteiger partial charge in [-0.2, -0.15) is 0 Å². The van der Waals surface area contributed by atoms with Crippen LogP contribution in [0.3, 0.4) is 0 Å². The highest BCUT2D eigenvalue weighted by molar-refractivity contribution is 6.07. The van der Waals surface area contributed by atoms with Crippen molar-refractivity contribution in [2.24, 2.45) is 11.8 Å². The van der Waals surface area contributed by atoms with Crippen molar-refractivity contribution in [3.63, 3.8) is 0 Å². The second-order valence-corrected chi connectivity index (χ2v) is 8.15. The zero-order valence-electron chi connectivity index (χ0n) is 17.3. The van der Waals surface area contributed by atoms with Gasteiger partial charge in [-0.15, -0.1) is 0 Å². The first kappa shape index (κ1) is 19.4. The Morgan fingerprint density at radius 1 is 1.07 bits per heavy atom. The molecule has 1 amide bonds. The van der Waals surface area contributed by atoms with Crippen molar-refractivity contribution in [2.75, 3.05) is 7.11 Å². The van der Waals surface area contributed by atoms with Crippen molar-refractivity contribution in [3.8, 4) is 17.0 Å². The van der Waals surface area contributed by atoms with Gasteiger partial charge in [0.05, 0.1) is 23.9 Å². The Morgan fingerprint density at radius 2 is 1.83 bits per heavy atom. The maximum absolute atomic E-state index is 13.3.